The Morgan fingerprint density at radius 2 is 2.11 bits per heavy atom. The van der Waals surface area contributed by atoms with Crippen LogP contribution in [-0.2, 0) is 6.54 Å². The molecule has 2 aromatic rings. The Labute approximate surface area is 112 Å². The summed E-state index contributed by atoms with van der Waals surface area (Å²) < 4.78 is 13.2. The van der Waals surface area contributed by atoms with Crippen molar-refractivity contribution in [3.8, 4) is 0 Å². The molecular formula is C14H17FN4. The SMILES string of the molecule is CCN(Cc1cnc(NC)cn1)c1cccc(F)c1. The molecular weight excluding hydrogens is 243 g/mol. The average molecular weight is 260 g/mol. The fourth-order valence-electron chi connectivity index (χ4n) is 1.82. The third kappa shape index (κ3) is 3.40. The first-order chi connectivity index (χ1) is 9.22. The predicted octanol–water partition coefficient (Wildman–Crippen LogP) is 2.68. The molecule has 0 aliphatic carbocycles. The van der Waals surface area contributed by atoms with E-state index in [0.717, 1.165) is 23.7 Å². The van der Waals surface area contributed by atoms with E-state index in [0.29, 0.717) is 6.54 Å². The van der Waals surface area contributed by atoms with Gasteiger partial charge < -0.3 is 10.2 Å². The van der Waals surface area contributed by atoms with Crippen LogP contribution in [0.15, 0.2) is 36.7 Å². The second kappa shape index (κ2) is 6.13. The Morgan fingerprint density at radius 1 is 1.26 bits per heavy atom. The molecule has 0 unspecified atom stereocenters. The minimum Gasteiger partial charge on any atom is -0.372 e. The van der Waals surface area contributed by atoms with Gasteiger partial charge in [-0.25, -0.2) is 9.37 Å². The maximum absolute atomic E-state index is 13.2. The van der Waals surface area contributed by atoms with Crippen molar-refractivity contribution in [2.45, 2.75) is 13.5 Å². The van der Waals surface area contributed by atoms with Crippen LogP contribution in [0.25, 0.3) is 0 Å². The zero-order valence-electron chi connectivity index (χ0n) is 11.1. The van der Waals surface area contributed by atoms with Crippen LogP contribution in [-0.4, -0.2) is 23.6 Å². The largest absolute Gasteiger partial charge is 0.372 e. The van der Waals surface area contributed by atoms with Crippen LogP contribution >= 0.6 is 0 Å². The van der Waals surface area contributed by atoms with Gasteiger partial charge in [-0.1, -0.05) is 6.07 Å². The van der Waals surface area contributed by atoms with Crippen LogP contribution in [0.1, 0.15) is 12.6 Å². The number of halogens is 1. The van der Waals surface area contributed by atoms with E-state index in [9.17, 15) is 4.39 Å². The highest BCUT2D eigenvalue weighted by atomic mass is 19.1. The summed E-state index contributed by atoms with van der Waals surface area (Å²) in [5, 5.41) is 2.92. The van der Waals surface area contributed by atoms with Gasteiger partial charge in [0.2, 0.25) is 0 Å². The lowest BCUT2D eigenvalue weighted by atomic mass is 10.2. The van der Waals surface area contributed by atoms with Crippen molar-refractivity contribution in [2.24, 2.45) is 0 Å². The van der Waals surface area contributed by atoms with Crippen molar-refractivity contribution in [2.75, 3.05) is 23.8 Å². The molecule has 0 amide bonds. The van der Waals surface area contributed by atoms with E-state index in [-0.39, 0.29) is 5.82 Å². The normalized spacial score (nSPS) is 10.3. The van der Waals surface area contributed by atoms with Gasteiger partial charge in [-0.15, -0.1) is 0 Å². The lowest BCUT2D eigenvalue weighted by molar-refractivity contribution is 0.626. The highest BCUT2D eigenvalue weighted by molar-refractivity contribution is 5.46. The van der Waals surface area contributed by atoms with Crippen LogP contribution < -0.4 is 10.2 Å². The fourth-order valence-corrected chi connectivity index (χ4v) is 1.82. The zero-order chi connectivity index (χ0) is 13.7. The van der Waals surface area contributed by atoms with Crippen LogP contribution in [0, 0.1) is 5.82 Å². The summed E-state index contributed by atoms with van der Waals surface area (Å²) in [4.78, 5) is 10.6. The van der Waals surface area contributed by atoms with Crippen molar-refractivity contribution in [1.29, 1.82) is 0 Å². The van der Waals surface area contributed by atoms with Crippen LogP contribution in [0.3, 0.4) is 0 Å². The molecule has 0 saturated carbocycles. The predicted molar refractivity (Wildman–Crippen MR) is 74.7 cm³/mol. The number of rotatable bonds is 5. The second-order valence-electron chi connectivity index (χ2n) is 4.14. The molecule has 0 fully saturated rings. The quantitative estimate of drug-likeness (QED) is 0.897. The second-order valence-corrected chi connectivity index (χ2v) is 4.14. The van der Waals surface area contributed by atoms with Gasteiger partial charge in [-0.2, -0.15) is 0 Å². The topological polar surface area (TPSA) is 41.1 Å². The third-order valence-electron chi connectivity index (χ3n) is 2.87. The van der Waals surface area contributed by atoms with E-state index < -0.39 is 0 Å². The van der Waals surface area contributed by atoms with E-state index in [1.165, 1.54) is 12.1 Å². The minimum absolute atomic E-state index is 0.229. The fraction of sp³-hybridized carbons (Fsp3) is 0.286. The minimum atomic E-state index is -0.229. The summed E-state index contributed by atoms with van der Waals surface area (Å²) in [5.74, 6) is 0.505. The van der Waals surface area contributed by atoms with Crippen molar-refractivity contribution in [3.05, 3.63) is 48.2 Å². The highest BCUT2D eigenvalue weighted by Crippen LogP contribution is 2.17. The Balaban J connectivity index is 2.14. The first-order valence-corrected chi connectivity index (χ1v) is 6.22. The Bertz CT molecular complexity index is 527. The first kappa shape index (κ1) is 13.3. The molecule has 1 aromatic heterocycles. The molecule has 1 N–H and O–H groups in total. The van der Waals surface area contributed by atoms with E-state index in [1.54, 1.807) is 25.5 Å². The summed E-state index contributed by atoms with van der Waals surface area (Å²) in [7, 11) is 1.80. The van der Waals surface area contributed by atoms with Crippen molar-refractivity contribution in [3.63, 3.8) is 0 Å². The van der Waals surface area contributed by atoms with Gasteiger partial charge in [-0.05, 0) is 25.1 Å². The molecule has 0 aliphatic rings. The van der Waals surface area contributed by atoms with Crippen LogP contribution in [0.4, 0.5) is 15.9 Å². The lowest BCUT2D eigenvalue weighted by Gasteiger charge is -2.22. The summed E-state index contributed by atoms with van der Waals surface area (Å²) in [5.41, 5.74) is 1.70. The Kier molecular flexibility index (Phi) is 4.28. The number of aromatic nitrogens is 2. The Morgan fingerprint density at radius 3 is 2.68 bits per heavy atom. The summed E-state index contributed by atoms with van der Waals surface area (Å²) in [6.45, 7) is 3.41. The van der Waals surface area contributed by atoms with Gasteiger partial charge in [0.1, 0.15) is 11.6 Å². The van der Waals surface area contributed by atoms with Crippen molar-refractivity contribution >= 4 is 11.5 Å². The van der Waals surface area contributed by atoms with Gasteiger partial charge in [0, 0.05) is 19.3 Å². The van der Waals surface area contributed by atoms with E-state index >= 15 is 0 Å². The summed E-state index contributed by atoms with van der Waals surface area (Å²) in [6.07, 6.45) is 3.42. The summed E-state index contributed by atoms with van der Waals surface area (Å²) >= 11 is 0. The molecule has 0 saturated heterocycles. The molecule has 4 nitrogen and oxygen atoms in total. The molecule has 2 rings (SSSR count). The zero-order valence-corrected chi connectivity index (χ0v) is 11.1. The third-order valence-corrected chi connectivity index (χ3v) is 2.87. The maximum atomic E-state index is 13.2. The van der Waals surface area contributed by atoms with Gasteiger partial charge >= 0.3 is 0 Å². The van der Waals surface area contributed by atoms with E-state index in [1.807, 2.05) is 17.9 Å². The van der Waals surface area contributed by atoms with Crippen molar-refractivity contribution < 1.29 is 4.39 Å². The van der Waals surface area contributed by atoms with Gasteiger partial charge in [0.05, 0.1) is 24.6 Å². The number of anilines is 2. The number of nitrogens with one attached hydrogen (secondary N) is 1. The molecule has 1 heterocycles. The molecule has 5 heteroatoms. The molecule has 100 valence electrons. The maximum Gasteiger partial charge on any atom is 0.144 e. The van der Waals surface area contributed by atoms with Crippen LogP contribution in [0.5, 0.6) is 0 Å². The molecule has 19 heavy (non-hydrogen) atoms. The number of hydrogen-bond acceptors (Lipinski definition) is 4. The Hall–Kier alpha value is -2.17. The van der Waals surface area contributed by atoms with Gasteiger partial charge in [0.25, 0.3) is 0 Å². The van der Waals surface area contributed by atoms with E-state index in [2.05, 4.69) is 15.3 Å². The number of hydrogen-bond donors (Lipinski definition) is 1. The van der Waals surface area contributed by atoms with Gasteiger partial charge in [-0.3, -0.25) is 4.98 Å². The van der Waals surface area contributed by atoms with Crippen LogP contribution in [0.2, 0.25) is 0 Å². The van der Waals surface area contributed by atoms with Gasteiger partial charge in [0.15, 0.2) is 0 Å². The molecule has 1 aromatic carbocycles. The number of benzene rings is 1. The monoisotopic (exact) mass is 260 g/mol. The molecule has 0 radical (unpaired) electrons. The standard InChI is InChI=1S/C14H17FN4/c1-3-19(13-6-4-5-11(15)7-13)10-12-8-18-14(16-2)9-17-12/h4-9H,3,10H2,1-2H3,(H,16,18). The first-order valence-electron chi connectivity index (χ1n) is 6.22. The number of nitrogens with zero attached hydrogens (tertiary/aromatic N) is 3. The summed E-state index contributed by atoms with van der Waals surface area (Å²) in [6, 6.07) is 6.57. The van der Waals surface area contributed by atoms with Crippen molar-refractivity contribution in [1.82, 2.24) is 9.97 Å². The molecule has 0 bridgehead atoms. The molecule has 0 spiro atoms. The molecule has 0 atom stereocenters. The highest BCUT2D eigenvalue weighted by Gasteiger charge is 2.07. The lowest BCUT2D eigenvalue weighted by Crippen LogP contribution is -2.22. The molecule has 0 aliphatic heterocycles. The average Bonchev–Trinajstić information content (AvgIpc) is 2.45. The van der Waals surface area contributed by atoms with E-state index in [4.69, 9.17) is 0 Å². The smallest absolute Gasteiger partial charge is 0.144 e.